The lowest BCUT2D eigenvalue weighted by Gasteiger charge is -2.37. The van der Waals surface area contributed by atoms with Gasteiger partial charge >= 0.3 is 31.5 Å². The second-order valence-corrected chi connectivity index (χ2v) is 33.2. The standard InChI is InChI=1S/2C30H45O4P.Al/c2*1-18-21-14-19(27(2,3)4)16-23(29(8,9)10)25(21)33-35(31,32)34-26-22(18)15-20(28(5,6)7)17-24(26)30(11,12)13;/h2*14-18H,1-13H3,(H,31,32);/q;;+2/p-2. The Morgan fingerprint density at radius 2 is 0.521 bits per heavy atom. The van der Waals surface area contributed by atoms with Crippen molar-refractivity contribution in [3.63, 3.8) is 0 Å². The van der Waals surface area contributed by atoms with Gasteiger partial charge in [-0.05, 0) is 65.6 Å². The fourth-order valence-electron chi connectivity index (χ4n) is 9.29. The number of phosphoric acid groups is 2. The van der Waals surface area contributed by atoms with Gasteiger partial charge in [-0.15, -0.1) is 0 Å². The Morgan fingerprint density at radius 3 is 0.676 bits per heavy atom. The van der Waals surface area contributed by atoms with Crippen LogP contribution in [0.3, 0.4) is 0 Å². The highest BCUT2D eigenvalue weighted by Crippen LogP contribution is 2.63. The number of rotatable bonds is 4. The average Bonchev–Trinajstić information content (AvgIpc) is 3.16. The Bertz CT molecular complexity index is 2430. The van der Waals surface area contributed by atoms with Crippen LogP contribution in [-0.2, 0) is 59.6 Å². The zero-order valence-corrected chi connectivity index (χ0v) is 51.5. The van der Waals surface area contributed by atoms with Crippen molar-refractivity contribution >= 4 is 31.5 Å². The summed E-state index contributed by atoms with van der Waals surface area (Å²) in [6, 6.07) is 17.4. The largest absolute Gasteiger partial charge is 0.689 e. The summed E-state index contributed by atoms with van der Waals surface area (Å²) in [5.41, 5.74) is 8.95. The predicted octanol–water partition coefficient (Wildman–Crippen LogP) is 18.4. The Balaban J connectivity index is 1.60. The number of hydrogen-bond acceptors (Lipinski definition) is 8. The SMILES string of the molecule is CC1c2cc(C(C)(C)C)cc(C(C)(C)C)c2OP(=O)([O][Al][O]P2(=O)Oc3c(cc(C(C)(C)C)cc3C(C)(C)C)C(C)c3cc(C(C)(C)C)cc(C(C)(C)C)c3O2)Oc2c1cc(C(C)(C)C)cc2C(C)(C)C. The quantitative estimate of drug-likeness (QED) is 0.148. The van der Waals surface area contributed by atoms with E-state index in [2.05, 4.69) is 229 Å². The molecule has 2 aliphatic rings. The maximum Gasteiger partial charge on any atom is 0.689 e. The minimum atomic E-state index is -4.68. The molecule has 0 atom stereocenters. The fraction of sp³-hybridized carbons (Fsp3) is 0.600. The number of fused-ring (bicyclic) bond motifs is 4. The van der Waals surface area contributed by atoms with Crippen LogP contribution in [0.4, 0.5) is 0 Å². The molecular weight excluding hydrogens is 938 g/mol. The molecule has 0 saturated heterocycles. The number of benzene rings is 4. The van der Waals surface area contributed by atoms with Crippen LogP contribution < -0.4 is 18.1 Å². The van der Waals surface area contributed by atoms with E-state index in [0.717, 1.165) is 66.8 Å². The molecule has 0 bridgehead atoms. The lowest BCUT2D eigenvalue weighted by atomic mass is 9.74. The van der Waals surface area contributed by atoms with Gasteiger partial charge in [0.15, 0.2) is 0 Å². The van der Waals surface area contributed by atoms with Crippen molar-refractivity contribution in [3.8, 4) is 23.0 Å². The maximum atomic E-state index is 16.0. The van der Waals surface area contributed by atoms with Crippen molar-refractivity contribution in [2.45, 2.75) is 235 Å². The van der Waals surface area contributed by atoms with E-state index in [-0.39, 0.29) is 33.5 Å². The van der Waals surface area contributed by atoms with Gasteiger partial charge in [-0.25, -0.2) is 9.13 Å². The van der Waals surface area contributed by atoms with Gasteiger partial charge < -0.3 is 25.2 Å². The molecule has 2 aliphatic heterocycles. The van der Waals surface area contributed by atoms with Crippen molar-refractivity contribution in [3.05, 3.63) is 115 Å². The fourth-order valence-corrected chi connectivity index (χ4v) is 13.1. The number of phosphoric ester groups is 2. The van der Waals surface area contributed by atoms with E-state index in [4.69, 9.17) is 25.2 Å². The highest BCUT2D eigenvalue weighted by atomic mass is 31.2. The van der Waals surface area contributed by atoms with Crippen molar-refractivity contribution in [1.82, 2.24) is 0 Å². The molecule has 71 heavy (non-hydrogen) atoms. The van der Waals surface area contributed by atoms with Gasteiger partial charge in [0.1, 0.15) is 23.0 Å². The first-order valence-corrected chi connectivity index (χ1v) is 29.5. The molecule has 389 valence electrons. The maximum absolute atomic E-state index is 16.0. The van der Waals surface area contributed by atoms with E-state index in [1.165, 1.54) is 0 Å². The molecule has 0 N–H and O–H groups in total. The van der Waals surface area contributed by atoms with E-state index in [9.17, 15) is 0 Å². The summed E-state index contributed by atoms with van der Waals surface area (Å²) in [4.78, 5) is 0. The third-order valence-corrected chi connectivity index (χ3v) is 18.6. The third-order valence-electron chi connectivity index (χ3n) is 14.2. The summed E-state index contributed by atoms with van der Waals surface area (Å²) in [7, 11) is -9.36. The third kappa shape index (κ3) is 12.1. The van der Waals surface area contributed by atoms with E-state index >= 15 is 9.13 Å². The Morgan fingerprint density at radius 1 is 0.338 bits per heavy atom. The molecule has 2 heterocycles. The molecule has 0 unspecified atom stereocenters. The van der Waals surface area contributed by atoms with Crippen molar-refractivity contribution in [2.75, 3.05) is 0 Å². The predicted molar refractivity (Wildman–Crippen MR) is 296 cm³/mol. The second kappa shape index (κ2) is 18.4. The summed E-state index contributed by atoms with van der Waals surface area (Å²) >= 11 is -1.89. The van der Waals surface area contributed by atoms with E-state index in [1.807, 2.05) is 0 Å². The molecule has 0 spiro atoms. The molecular formula is C60H88AlO8P2. The molecule has 0 amide bonds. The first kappa shape index (κ1) is 57.3. The van der Waals surface area contributed by atoms with Crippen LogP contribution in [0.5, 0.6) is 23.0 Å². The zero-order valence-electron chi connectivity index (χ0n) is 48.5. The smallest absolute Gasteiger partial charge is 0.396 e. The van der Waals surface area contributed by atoms with Crippen LogP contribution in [0.25, 0.3) is 0 Å². The van der Waals surface area contributed by atoms with Gasteiger partial charge in [0.05, 0.1) is 0 Å². The Kier molecular flexibility index (Phi) is 14.8. The monoisotopic (exact) mass is 1030 g/mol. The van der Waals surface area contributed by atoms with E-state index in [0.29, 0.717) is 23.0 Å². The molecule has 0 fully saturated rings. The topological polar surface area (TPSA) is 89.5 Å². The highest BCUT2D eigenvalue weighted by molar-refractivity contribution is 7.52. The van der Waals surface area contributed by atoms with Crippen LogP contribution in [0, 0.1) is 0 Å². The zero-order chi connectivity index (χ0) is 54.0. The van der Waals surface area contributed by atoms with Crippen LogP contribution >= 0.6 is 15.6 Å². The minimum Gasteiger partial charge on any atom is -0.396 e. The molecule has 11 heteroatoms. The Labute approximate surface area is 437 Å². The molecule has 0 saturated carbocycles. The lowest BCUT2D eigenvalue weighted by Crippen LogP contribution is -2.25. The van der Waals surface area contributed by atoms with Crippen LogP contribution in [0.1, 0.15) is 259 Å². The lowest BCUT2D eigenvalue weighted by molar-refractivity contribution is 0.255. The summed E-state index contributed by atoms with van der Waals surface area (Å²) < 4.78 is 72.3. The van der Waals surface area contributed by atoms with Gasteiger partial charge in [-0.1, -0.05) is 229 Å². The summed E-state index contributed by atoms with van der Waals surface area (Å²) in [5.74, 6) is 1.32. The molecule has 4 aromatic rings. The van der Waals surface area contributed by atoms with Gasteiger partial charge in [0.2, 0.25) is 0 Å². The van der Waals surface area contributed by atoms with Gasteiger partial charge in [0, 0.05) is 56.3 Å². The number of hydrogen-bond donors (Lipinski definition) is 0. The van der Waals surface area contributed by atoms with Crippen molar-refractivity contribution in [1.29, 1.82) is 0 Å². The first-order chi connectivity index (χ1) is 31.8. The first-order valence-electron chi connectivity index (χ1n) is 25.7. The minimum absolute atomic E-state index is 0.209. The average molecular weight is 1030 g/mol. The van der Waals surface area contributed by atoms with Crippen molar-refractivity contribution in [2.24, 2.45) is 0 Å². The van der Waals surface area contributed by atoms with Crippen LogP contribution in [-0.4, -0.2) is 15.9 Å². The second-order valence-electron chi connectivity index (χ2n) is 28.8. The molecule has 6 rings (SSSR count). The molecule has 4 aromatic carbocycles. The van der Waals surface area contributed by atoms with Crippen LogP contribution in [0.15, 0.2) is 48.5 Å². The van der Waals surface area contributed by atoms with Gasteiger partial charge in [-0.3, -0.25) is 0 Å². The van der Waals surface area contributed by atoms with Crippen molar-refractivity contribution < 1.29 is 34.4 Å². The summed E-state index contributed by atoms with van der Waals surface area (Å²) in [6.07, 6.45) is 0. The molecule has 1 radical (unpaired) electrons. The van der Waals surface area contributed by atoms with Crippen LogP contribution in [0.2, 0.25) is 0 Å². The Hall–Kier alpha value is -3.01. The van der Waals surface area contributed by atoms with Gasteiger partial charge in [0.25, 0.3) is 0 Å². The summed E-state index contributed by atoms with van der Waals surface area (Å²) in [5, 5.41) is 0. The molecule has 0 aromatic heterocycles. The molecule has 0 aliphatic carbocycles. The molecule has 8 nitrogen and oxygen atoms in total. The van der Waals surface area contributed by atoms with E-state index in [1.54, 1.807) is 0 Å². The van der Waals surface area contributed by atoms with E-state index < -0.39 is 53.2 Å². The van der Waals surface area contributed by atoms with Gasteiger partial charge in [-0.2, -0.15) is 0 Å². The highest BCUT2D eigenvalue weighted by Gasteiger charge is 2.46. The summed E-state index contributed by atoms with van der Waals surface area (Å²) in [6.45, 7) is 56.4. The normalized spacial score (nSPS) is 21.3.